The van der Waals surface area contributed by atoms with Crippen molar-refractivity contribution in [3.63, 3.8) is 0 Å². The van der Waals surface area contributed by atoms with Crippen LogP contribution in [0.2, 0.25) is 5.15 Å². The summed E-state index contributed by atoms with van der Waals surface area (Å²) in [5.74, 6) is 0.0331. The number of benzene rings is 1. The summed E-state index contributed by atoms with van der Waals surface area (Å²) in [5.41, 5.74) is 1.60. The number of nitrogens with one attached hydrogen (secondary N) is 1. The molecule has 0 saturated carbocycles. The third-order valence-corrected chi connectivity index (χ3v) is 4.79. The number of hydrogen-bond donors (Lipinski definition) is 1. The molecule has 0 radical (unpaired) electrons. The van der Waals surface area contributed by atoms with E-state index in [0.717, 1.165) is 31.0 Å². The van der Waals surface area contributed by atoms with Gasteiger partial charge in [-0.05, 0) is 31.4 Å². The van der Waals surface area contributed by atoms with Crippen molar-refractivity contribution in [2.75, 3.05) is 6.54 Å². The lowest BCUT2D eigenvalue weighted by atomic mass is 10.00. The molecule has 23 heavy (non-hydrogen) atoms. The molecule has 3 rings (SSSR count). The number of aromatic nitrogens is 2. The highest BCUT2D eigenvalue weighted by Crippen LogP contribution is 2.30. The van der Waals surface area contributed by atoms with Crippen LogP contribution in [-0.4, -0.2) is 16.1 Å². The highest BCUT2D eigenvalue weighted by atomic mass is 35.5. The molecule has 3 nitrogen and oxygen atoms in total. The SMILES string of the molecule is CCc1nc(Cl)c2n1CCNC2CCc1ccc(F)c(C)c1F. The van der Waals surface area contributed by atoms with E-state index in [2.05, 4.69) is 21.8 Å². The molecule has 1 unspecified atom stereocenters. The fraction of sp³-hybridized carbons (Fsp3) is 0.471. The van der Waals surface area contributed by atoms with Gasteiger partial charge in [-0.2, -0.15) is 0 Å². The minimum atomic E-state index is -0.504. The Balaban J connectivity index is 1.81. The molecule has 1 atom stereocenters. The molecule has 1 aliphatic rings. The van der Waals surface area contributed by atoms with Crippen molar-refractivity contribution in [1.29, 1.82) is 0 Å². The highest BCUT2D eigenvalue weighted by molar-refractivity contribution is 6.30. The van der Waals surface area contributed by atoms with E-state index in [9.17, 15) is 8.78 Å². The minimum Gasteiger partial charge on any atom is -0.328 e. The Kier molecular flexibility index (Phi) is 4.69. The van der Waals surface area contributed by atoms with Gasteiger partial charge in [-0.25, -0.2) is 13.8 Å². The van der Waals surface area contributed by atoms with Gasteiger partial charge in [-0.3, -0.25) is 0 Å². The Morgan fingerprint density at radius 3 is 2.91 bits per heavy atom. The molecule has 0 fully saturated rings. The summed E-state index contributed by atoms with van der Waals surface area (Å²) in [6, 6.07) is 2.89. The first-order valence-corrected chi connectivity index (χ1v) is 8.32. The third kappa shape index (κ3) is 3.00. The molecule has 0 spiro atoms. The van der Waals surface area contributed by atoms with Crippen LogP contribution in [0.4, 0.5) is 8.78 Å². The number of hydrogen-bond acceptors (Lipinski definition) is 2. The fourth-order valence-electron chi connectivity index (χ4n) is 3.23. The van der Waals surface area contributed by atoms with E-state index in [-0.39, 0.29) is 11.6 Å². The number of rotatable bonds is 4. The smallest absolute Gasteiger partial charge is 0.152 e. The molecule has 1 aromatic carbocycles. The van der Waals surface area contributed by atoms with Crippen LogP contribution >= 0.6 is 11.6 Å². The lowest BCUT2D eigenvalue weighted by Crippen LogP contribution is -2.34. The second-order valence-electron chi connectivity index (χ2n) is 5.90. The predicted molar refractivity (Wildman–Crippen MR) is 86.8 cm³/mol. The lowest BCUT2D eigenvalue weighted by Gasteiger charge is -2.27. The fourth-order valence-corrected chi connectivity index (χ4v) is 3.56. The van der Waals surface area contributed by atoms with Crippen LogP contribution in [0, 0.1) is 18.6 Å². The molecule has 0 amide bonds. The third-order valence-electron chi connectivity index (χ3n) is 4.52. The van der Waals surface area contributed by atoms with Crippen molar-refractivity contribution < 1.29 is 8.78 Å². The van der Waals surface area contributed by atoms with E-state index in [0.29, 0.717) is 23.6 Å². The van der Waals surface area contributed by atoms with Crippen molar-refractivity contribution in [2.24, 2.45) is 0 Å². The minimum absolute atomic E-state index is 0.0359. The highest BCUT2D eigenvalue weighted by Gasteiger charge is 2.26. The molecule has 2 heterocycles. The van der Waals surface area contributed by atoms with Gasteiger partial charge in [0, 0.05) is 25.1 Å². The van der Waals surface area contributed by atoms with E-state index in [1.807, 2.05) is 0 Å². The molecule has 0 aliphatic carbocycles. The van der Waals surface area contributed by atoms with E-state index < -0.39 is 11.6 Å². The van der Waals surface area contributed by atoms with Crippen molar-refractivity contribution in [3.8, 4) is 0 Å². The van der Waals surface area contributed by atoms with Gasteiger partial charge in [0.25, 0.3) is 0 Å². The zero-order chi connectivity index (χ0) is 16.6. The van der Waals surface area contributed by atoms with Gasteiger partial charge in [0.1, 0.15) is 17.5 Å². The summed E-state index contributed by atoms with van der Waals surface area (Å²) in [6.45, 7) is 5.20. The van der Waals surface area contributed by atoms with Crippen molar-refractivity contribution in [2.45, 2.75) is 45.7 Å². The van der Waals surface area contributed by atoms with Crippen molar-refractivity contribution in [1.82, 2.24) is 14.9 Å². The van der Waals surface area contributed by atoms with Gasteiger partial charge >= 0.3 is 0 Å². The van der Waals surface area contributed by atoms with Crippen molar-refractivity contribution in [3.05, 3.63) is 51.6 Å². The molecule has 0 saturated heterocycles. The number of aryl methyl sites for hydroxylation is 2. The van der Waals surface area contributed by atoms with Gasteiger partial charge in [-0.1, -0.05) is 24.6 Å². The molecule has 1 aromatic heterocycles. The van der Waals surface area contributed by atoms with Crippen LogP contribution in [0.3, 0.4) is 0 Å². The zero-order valence-electron chi connectivity index (χ0n) is 13.3. The number of nitrogens with zero attached hydrogens (tertiary/aromatic N) is 2. The molecule has 124 valence electrons. The molecule has 1 N–H and O–H groups in total. The number of halogens is 3. The van der Waals surface area contributed by atoms with Gasteiger partial charge in [0.2, 0.25) is 0 Å². The van der Waals surface area contributed by atoms with Crippen LogP contribution in [0.15, 0.2) is 12.1 Å². The Morgan fingerprint density at radius 2 is 2.17 bits per heavy atom. The Bertz CT molecular complexity index is 727. The normalized spacial score (nSPS) is 17.3. The van der Waals surface area contributed by atoms with Crippen molar-refractivity contribution >= 4 is 11.6 Å². The van der Waals surface area contributed by atoms with Crippen LogP contribution in [0.5, 0.6) is 0 Å². The molecule has 1 aliphatic heterocycles. The second kappa shape index (κ2) is 6.57. The summed E-state index contributed by atoms with van der Waals surface area (Å²) in [4.78, 5) is 4.42. The van der Waals surface area contributed by atoms with Crippen LogP contribution in [0.1, 0.15) is 42.0 Å². The van der Waals surface area contributed by atoms with E-state index in [1.54, 1.807) is 0 Å². The quantitative estimate of drug-likeness (QED) is 0.913. The first kappa shape index (κ1) is 16.4. The molecule has 2 aromatic rings. The average Bonchev–Trinajstić information content (AvgIpc) is 2.89. The summed E-state index contributed by atoms with van der Waals surface area (Å²) in [7, 11) is 0. The van der Waals surface area contributed by atoms with Gasteiger partial charge in [-0.15, -0.1) is 0 Å². The van der Waals surface area contributed by atoms with E-state index in [1.165, 1.54) is 19.1 Å². The van der Waals surface area contributed by atoms with Crippen LogP contribution < -0.4 is 5.32 Å². The molecule has 6 heteroatoms. The first-order chi connectivity index (χ1) is 11.0. The number of imidazole rings is 1. The van der Waals surface area contributed by atoms with Crippen LogP contribution in [0.25, 0.3) is 0 Å². The second-order valence-corrected chi connectivity index (χ2v) is 6.26. The van der Waals surface area contributed by atoms with Gasteiger partial charge < -0.3 is 9.88 Å². The predicted octanol–water partition coefficient (Wildman–Crippen LogP) is 3.96. The Hall–Kier alpha value is -1.46. The topological polar surface area (TPSA) is 29.9 Å². The lowest BCUT2D eigenvalue weighted by molar-refractivity contribution is 0.398. The Morgan fingerprint density at radius 1 is 1.39 bits per heavy atom. The number of fused-ring (bicyclic) bond motifs is 1. The summed E-state index contributed by atoms with van der Waals surface area (Å²) in [6.07, 6.45) is 2.04. The standard InChI is InChI=1S/C17H20ClF2N3/c1-3-14-22-17(18)16-13(21-8-9-23(14)16)7-5-11-4-6-12(19)10(2)15(11)20/h4,6,13,21H,3,5,7-9H2,1-2H3. The molecular weight excluding hydrogens is 320 g/mol. The summed E-state index contributed by atoms with van der Waals surface area (Å²) in [5, 5.41) is 3.95. The van der Waals surface area contributed by atoms with E-state index in [4.69, 9.17) is 11.6 Å². The first-order valence-electron chi connectivity index (χ1n) is 7.94. The maximum absolute atomic E-state index is 14.1. The molecular formula is C17H20ClF2N3. The van der Waals surface area contributed by atoms with Gasteiger partial charge in [0.05, 0.1) is 11.7 Å². The maximum atomic E-state index is 14.1. The van der Waals surface area contributed by atoms with E-state index >= 15 is 0 Å². The summed E-state index contributed by atoms with van der Waals surface area (Å²) >= 11 is 6.30. The summed E-state index contributed by atoms with van der Waals surface area (Å²) < 4.78 is 29.7. The average molecular weight is 340 g/mol. The van der Waals surface area contributed by atoms with Gasteiger partial charge in [0.15, 0.2) is 5.15 Å². The Labute approximate surface area is 139 Å². The van der Waals surface area contributed by atoms with Crippen LogP contribution in [-0.2, 0) is 19.4 Å². The molecule has 0 bridgehead atoms. The zero-order valence-corrected chi connectivity index (χ0v) is 14.1. The monoisotopic (exact) mass is 339 g/mol. The largest absolute Gasteiger partial charge is 0.328 e. The maximum Gasteiger partial charge on any atom is 0.152 e.